The van der Waals surface area contributed by atoms with Crippen molar-refractivity contribution in [3.8, 4) is 0 Å². The molecule has 2 amide bonds. The van der Waals surface area contributed by atoms with E-state index in [1.54, 1.807) is 0 Å². The molecule has 0 atom stereocenters. The lowest BCUT2D eigenvalue weighted by Gasteiger charge is -2.37. The summed E-state index contributed by atoms with van der Waals surface area (Å²) >= 11 is 0. The van der Waals surface area contributed by atoms with Crippen LogP contribution in [0.5, 0.6) is 0 Å². The smallest absolute Gasteiger partial charge is 0.320 e. The zero-order valence-corrected chi connectivity index (χ0v) is 12.4. The molecule has 2 fully saturated rings. The van der Waals surface area contributed by atoms with Crippen molar-refractivity contribution in [3.05, 3.63) is 23.9 Å². The number of pyridine rings is 1. The van der Waals surface area contributed by atoms with Gasteiger partial charge in [-0.3, -0.25) is 0 Å². The van der Waals surface area contributed by atoms with E-state index in [9.17, 15) is 4.79 Å². The average Bonchev–Trinajstić information content (AvgIpc) is 3.09. The summed E-state index contributed by atoms with van der Waals surface area (Å²) in [6.45, 7) is 5.59. The minimum atomic E-state index is 0.207. The standard InChI is InChI=1S/C15H23N5O/c16-11-13-3-4-14(17-12-13)18-7-9-20(10-8-18)15(21)19-5-1-2-6-19/h3-4,12H,1-2,5-11,16H2. The number of piperazine rings is 1. The molecule has 6 heteroatoms. The van der Waals surface area contributed by atoms with Gasteiger partial charge in [-0.25, -0.2) is 9.78 Å². The van der Waals surface area contributed by atoms with Crippen molar-refractivity contribution in [2.24, 2.45) is 5.73 Å². The molecule has 114 valence electrons. The van der Waals surface area contributed by atoms with E-state index in [0.717, 1.165) is 63.5 Å². The molecular formula is C15H23N5O. The van der Waals surface area contributed by atoms with Crippen LogP contribution >= 0.6 is 0 Å². The van der Waals surface area contributed by atoms with Crippen molar-refractivity contribution in [2.75, 3.05) is 44.2 Å². The van der Waals surface area contributed by atoms with Gasteiger partial charge in [0.05, 0.1) is 0 Å². The number of nitrogens with two attached hydrogens (primary N) is 1. The highest BCUT2D eigenvalue weighted by molar-refractivity contribution is 5.75. The normalized spacial score (nSPS) is 19.2. The van der Waals surface area contributed by atoms with E-state index in [4.69, 9.17) is 5.73 Å². The van der Waals surface area contributed by atoms with Crippen LogP contribution in [0, 0.1) is 0 Å². The molecule has 2 saturated heterocycles. The topological polar surface area (TPSA) is 65.7 Å². The summed E-state index contributed by atoms with van der Waals surface area (Å²) in [6.07, 6.45) is 4.11. The van der Waals surface area contributed by atoms with Crippen molar-refractivity contribution in [3.63, 3.8) is 0 Å². The number of anilines is 1. The third kappa shape index (κ3) is 3.10. The lowest BCUT2D eigenvalue weighted by Crippen LogP contribution is -2.52. The quantitative estimate of drug-likeness (QED) is 0.877. The predicted octanol–water partition coefficient (Wildman–Crippen LogP) is 0.878. The number of rotatable bonds is 2. The van der Waals surface area contributed by atoms with Gasteiger partial charge in [0.25, 0.3) is 0 Å². The van der Waals surface area contributed by atoms with Gasteiger partial charge < -0.3 is 20.4 Å². The Kier molecular flexibility index (Phi) is 4.24. The minimum Gasteiger partial charge on any atom is -0.353 e. The van der Waals surface area contributed by atoms with Gasteiger partial charge in [0, 0.05) is 52.0 Å². The van der Waals surface area contributed by atoms with Crippen LogP contribution in [0.4, 0.5) is 10.6 Å². The first kappa shape index (κ1) is 14.1. The van der Waals surface area contributed by atoms with Gasteiger partial charge in [-0.2, -0.15) is 0 Å². The second-order valence-corrected chi connectivity index (χ2v) is 5.68. The number of hydrogen-bond acceptors (Lipinski definition) is 4. The fourth-order valence-corrected chi connectivity index (χ4v) is 2.96. The maximum Gasteiger partial charge on any atom is 0.320 e. The van der Waals surface area contributed by atoms with Gasteiger partial charge in [-0.1, -0.05) is 6.07 Å². The first-order chi connectivity index (χ1) is 10.3. The SMILES string of the molecule is NCc1ccc(N2CCN(C(=O)N3CCCC3)CC2)nc1. The van der Waals surface area contributed by atoms with E-state index in [1.807, 2.05) is 28.1 Å². The average molecular weight is 289 g/mol. The molecule has 0 unspecified atom stereocenters. The molecule has 3 rings (SSSR count). The highest BCUT2D eigenvalue weighted by Crippen LogP contribution is 2.16. The molecule has 3 heterocycles. The molecule has 0 bridgehead atoms. The molecule has 0 saturated carbocycles. The first-order valence-electron chi connectivity index (χ1n) is 7.72. The molecule has 2 N–H and O–H groups in total. The van der Waals surface area contributed by atoms with Crippen LogP contribution in [-0.2, 0) is 6.54 Å². The van der Waals surface area contributed by atoms with Gasteiger partial charge >= 0.3 is 6.03 Å². The van der Waals surface area contributed by atoms with Gasteiger partial charge in [0.1, 0.15) is 5.82 Å². The van der Waals surface area contributed by atoms with Gasteiger partial charge in [0.15, 0.2) is 0 Å². The number of hydrogen-bond donors (Lipinski definition) is 1. The van der Waals surface area contributed by atoms with E-state index in [2.05, 4.69) is 9.88 Å². The summed E-state index contributed by atoms with van der Waals surface area (Å²) < 4.78 is 0. The Balaban J connectivity index is 1.55. The molecule has 1 aromatic heterocycles. The Morgan fingerprint density at radius 3 is 2.29 bits per heavy atom. The zero-order valence-electron chi connectivity index (χ0n) is 12.4. The van der Waals surface area contributed by atoms with Crippen LogP contribution in [0.3, 0.4) is 0 Å². The van der Waals surface area contributed by atoms with E-state index < -0.39 is 0 Å². The monoisotopic (exact) mass is 289 g/mol. The molecule has 6 nitrogen and oxygen atoms in total. The Morgan fingerprint density at radius 2 is 1.71 bits per heavy atom. The number of nitrogens with zero attached hydrogens (tertiary/aromatic N) is 4. The highest BCUT2D eigenvalue weighted by atomic mass is 16.2. The van der Waals surface area contributed by atoms with Crippen molar-refractivity contribution >= 4 is 11.8 Å². The molecule has 0 aliphatic carbocycles. The van der Waals surface area contributed by atoms with E-state index in [1.165, 1.54) is 0 Å². The first-order valence-corrected chi connectivity index (χ1v) is 7.72. The lowest BCUT2D eigenvalue weighted by atomic mass is 10.2. The largest absolute Gasteiger partial charge is 0.353 e. The Hall–Kier alpha value is -1.82. The van der Waals surface area contributed by atoms with Gasteiger partial charge in [0.2, 0.25) is 0 Å². The molecule has 0 radical (unpaired) electrons. The molecule has 21 heavy (non-hydrogen) atoms. The third-order valence-electron chi connectivity index (χ3n) is 4.30. The maximum atomic E-state index is 12.3. The molecule has 0 aromatic carbocycles. The van der Waals surface area contributed by atoms with Crippen LogP contribution in [0.1, 0.15) is 18.4 Å². The fourth-order valence-electron chi connectivity index (χ4n) is 2.96. The molecule has 0 spiro atoms. The molecular weight excluding hydrogens is 266 g/mol. The predicted molar refractivity (Wildman–Crippen MR) is 82.1 cm³/mol. The van der Waals surface area contributed by atoms with Crippen LogP contribution in [0.2, 0.25) is 0 Å². The summed E-state index contributed by atoms with van der Waals surface area (Å²) in [5.41, 5.74) is 6.63. The Labute approximate surface area is 125 Å². The van der Waals surface area contributed by atoms with Crippen molar-refractivity contribution < 1.29 is 4.79 Å². The van der Waals surface area contributed by atoms with Crippen LogP contribution in [0.15, 0.2) is 18.3 Å². The summed E-state index contributed by atoms with van der Waals surface area (Å²) in [5, 5.41) is 0. The van der Waals surface area contributed by atoms with E-state index in [0.29, 0.717) is 6.54 Å². The number of aromatic nitrogens is 1. The summed E-state index contributed by atoms with van der Waals surface area (Å²) in [6, 6.07) is 4.24. The third-order valence-corrected chi connectivity index (χ3v) is 4.30. The number of carbonyl (C=O) groups is 1. The summed E-state index contributed by atoms with van der Waals surface area (Å²) in [4.78, 5) is 23.0. The number of likely N-dealkylation sites (tertiary alicyclic amines) is 1. The van der Waals surface area contributed by atoms with Crippen LogP contribution in [-0.4, -0.2) is 60.1 Å². The van der Waals surface area contributed by atoms with Gasteiger partial charge in [-0.15, -0.1) is 0 Å². The summed E-state index contributed by atoms with van der Waals surface area (Å²) in [5.74, 6) is 0.973. The van der Waals surface area contributed by atoms with Crippen molar-refractivity contribution in [1.29, 1.82) is 0 Å². The Morgan fingerprint density at radius 1 is 1.05 bits per heavy atom. The maximum absolute atomic E-state index is 12.3. The minimum absolute atomic E-state index is 0.207. The summed E-state index contributed by atoms with van der Waals surface area (Å²) in [7, 11) is 0. The highest BCUT2D eigenvalue weighted by Gasteiger charge is 2.27. The number of carbonyl (C=O) groups excluding carboxylic acids is 1. The van der Waals surface area contributed by atoms with Crippen LogP contribution < -0.4 is 10.6 Å². The molecule has 2 aliphatic heterocycles. The van der Waals surface area contributed by atoms with Crippen molar-refractivity contribution in [2.45, 2.75) is 19.4 Å². The van der Waals surface area contributed by atoms with E-state index in [-0.39, 0.29) is 6.03 Å². The molecule has 1 aromatic rings. The zero-order chi connectivity index (χ0) is 14.7. The fraction of sp³-hybridized carbons (Fsp3) is 0.600. The van der Waals surface area contributed by atoms with Gasteiger partial charge in [-0.05, 0) is 24.5 Å². The molecule has 2 aliphatic rings. The number of amides is 2. The van der Waals surface area contributed by atoms with E-state index >= 15 is 0 Å². The Bertz CT molecular complexity index is 475. The second kappa shape index (κ2) is 6.30. The van der Waals surface area contributed by atoms with Crippen molar-refractivity contribution in [1.82, 2.24) is 14.8 Å². The van der Waals surface area contributed by atoms with Crippen LogP contribution in [0.25, 0.3) is 0 Å². The number of urea groups is 1. The second-order valence-electron chi connectivity index (χ2n) is 5.68. The lowest BCUT2D eigenvalue weighted by molar-refractivity contribution is 0.159.